The van der Waals surface area contributed by atoms with Gasteiger partial charge in [0.2, 0.25) is 5.95 Å². The number of benzene rings is 2. The van der Waals surface area contributed by atoms with Crippen LogP contribution >= 0.6 is 0 Å². The zero-order valence-corrected chi connectivity index (χ0v) is 16.5. The minimum Gasteiger partial charge on any atom is -0.497 e. The van der Waals surface area contributed by atoms with Crippen LogP contribution in [0.15, 0.2) is 69.3 Å². The molecule has 0 amide bonds. The van der Waals surface area contributed by atoms with Gasteiger partial charge in [0.25, 0.3) is 5.56 Å². The Hall–Kier alpha value is -4.14. The second-order valence-corrected chi connectivity index (χ2v) is 6.64. The summed E-state index contributed by atoms with van der Waals surface area (Å²) in [7, 11) is 3.17. The summed E-state index contributed by atoms with van der Waals surface area (Å²) in [5.41, 5.74) is 4.29. The topological polar surface area (TPSA) is 106 Å². The molecule has 0 spiro atoms. The molecule has 0 saturated heterocycles. The summed E-state index contributed by atoms with van der Waals surface area (Å²) in [6.45, 7) is 0.388. The van der Waals surface area contributed by atoms with Crippen molar-refractivity contribution in [2.45, 2.75) is 6.54 Å². The van der Waals surface area contributed by atoms with Crippen molar-refractivity contribution in [1.29, 1.82) is 0 Å². The summed E-state index contributed by atoms with van der Waals surface area (Å²) in [5, 5.41) is 4.25. The average molecular weight is 404 g/mol. The Morgan fingerprint density at radius 1 is 1.13 bits per heavy atom. The first-order valence-corrected chi connectivity index (χ1v) is 9.23. The molecule has 0 atom stereocenters. The lowest BCUT2D eigenvalue weighted by Gasteiger charge is -2.08. The maximum atomic E-state index is 12.5. The van der Waals surface area contributed by atoms with E-state index in [1.807, 2.05) is 54.6 Å². The van der Waals surface area contributed by atoms with E-state index in [9.17, 15) is 9.59 Å². The molecular formula is C21H20N6O3. The smallest absolute Gasteiger partial charge is 0.329 e. The van der Waals surface area contributed by atoms with E-state index in [-0.39, 0.29) is 5.65 Å². The van der Waals surface area contributed by atoms with Crippen molar-refractivity contribution in [3.05, 3.63) is 86.6 Å². The molecule has 4 rings (SSSR count). The molecule has 9 nitrogen and oxygen atoms in total. The van der Waals surface area contributed by atoms with Crippen LogP contribution in [0.25, 0.3) is 11.2 Å². The van der Waals surface area contributed by atoms with Gasteiger partial charge in [0.1, 0.15) is 5.75 Å². The Morgan fingerprint density at radius 3 is 2.57 bits per heavy atom. The Kier molecular flexibility index (Phi) is 5.17. The second-order valence-electron chi connectivity index (χ2n) is 6.64. The SMILES string of the molecule is COc1ccc(/C=N/Nc2nc3c(c(=O)[nH]c(=O)n3C)n2Cc2ccccc2)cc1. The molecule has 2 aromatic heterocycles. The van der Waals surface area contributed by atoms with Crippen molar-refractivity contribution in [3.8, 4) is 5.75 Å². The van der Waals surface area contributed by atoms with Gasteiger partial charge in [0.05, 0.1) is 19.9 Å². The zero-order chi connectivity index (χ0) is 21.1. The van der Waals surface area contributed by atoms with Crippen LogP contribution in [0.3, 0.4) is 0 Å². The summed E-state index contributed by atoms with van der Waals surface area (Å²) in [4.78, 5) is 31.3. The molecule has 2 aromatic carbocycles. The molecule has 0 aliphatic heterocycles. The minimum absolute atomic E-state index is 0.279. The molecule has 2 N–H and O–H groups in total. The van der Waals surface area contributed by atoms with Crippen molar-refractivity contribution in [2.75, 3.05) is 12.5 Å². The van der Waals surface area contributed by atoms with Gasteiger partial charge >= 0.3 is 5.69 Å². The van der Waals surface area contributed by atoms with Gasteiger partial charge in [-0.3, -0.25) is 18.9 Å². The number of ether oxygens (including phenoxy) is 1. The Morgan fingerprint density at radius 2 is 1.87 bits per heavy atom. The van der Waals surface area contributed by atoms with Gasteiger partial charge in [0.15, 0.2) is 11.2 Å². The lowest BCUT2D eigenvalue weighted by molar-refractivity contribution is 0.415. The van der Waals surface area contributed by atoms with Gasteiger partial charge in [-0.1, -0.05) is 30.3 Å². The van der Waals surface area contributed by atoms with Crippen LogP contribution in [0.1, 0.15) is 11.1 Å². The molecule has 0 bridgehead atoms. The number of methoxy groups -OCH3 is 1. The Labute approximate surface area is 171 Å². The highest BCUT2D eigenvalue weighted by Crippen LogP contribution is 2.18. The van der Waals surface area contributed by atoms with E-state index in [1.165, 1.54) is 4.57 Å². The lowest BCUT2D eigenvalue weighted by atomic mass is 10.2. The van der Waals surface area contributed by atoms with E-state index in [0.717, 1.165) is 16.9 Å². The number of H-pyrrole nitrogens is 1. The van der Waals surface area contributed by atoms with Gasteiger partial charge in [0, 0.05) is 7.05 Å². The molecule has 0 saturated carbocycles. The molecule has 0 radical (unpaired) electrons. The number of aryl methyl sites for hydroxylation is 1. The number of hydrogen-bond acceptors (Lipinski definition) is 6. The van der Waals surface area contributed by atoms with Crippen molar-refractivity contribution in [2.24, 2.45) is 12.1 Å². The molecule has 0 aliphatic rings. The number of imidazole rings is 1. The summed E-state index contributed by atoms with van der Waals surface area (Å²) in [6, 6.07) is 17.1. The van der Waals surface area contributed by atoms with Crippen molar-refractivity contribution in [1.82, 2.24) is 19.1 Å². The number of rotatable bonds is 6. The summed E-state index contributed by atoms with van der Waals surface area (Å²) in [5.74, 6) is 1.11. The number of hydrazone groups is 1. The molecule has 4 aromatic rings. The molecular weight excluding hydrogens is 384 g/mol. The van der Waals surface area contributed by atoms with Crippen molar-refractivity contribution < 1.29 is 4.74 Å². The fourth-order valence-corrected chi connectivity index (χ4v) is 3.09. The third kappa shape index (κ3) is 3.72. The maximum Gasteiger partial charge on any atom is 0.329 e. The number of fused-ring (bicyclic) bond motifs is 1. The first kappa shape index (κ1) is 19.2. The van der Waals surface area contributed by atoms with E-state index >= 15 is 0 Å². The highest BCUT2D eigenvalue weighted by atomic mass is 16.5. The average Bonchev–Trinajstić information content (AvgIpc) is 3.12. The number of aromatic amines is 1. The maximum absolute atomic E-state index is 12.5. The highest BCUT2D eigenvalue weighted by Gasteiger charge is 2.17. The number of hydrogen-bond donors (Lipinski definition) is 2. The predicted octanol–water partition coefficient (Wildman–Crippen LogP) is 1.93. The van der Waals surface area contributed by atoms with Crippen LogP contribution in [0.5, 0.6) is 5.75 Å². The standard InChI is InChI=1S/C21H20N6O3/c1-26-18-17(19(28)24-21(26)29)27(13-15-6-4-3-5-7-15)20(23-18)25-22-12-14-8-10-16(30-2)11-9-14/h3-12H,13H2,1-2H3,(H,23,25)(H,24,28,29)/b22-12+. The van der Waals surface area contributed by atoms with Crippen LogP contribution in [0.2, 0.25) is 0 Å². The first-order chi connectivity index (χ1) is 14.6. The zero-order valence-electron chi connectivity index (χ0n) is 16.5. The lowest BCUT2D eigenvalue weighted by Crippen LogP contribution is -2.29. The van der Waals surface area contributed by atoms with Crippen molar-refractivity contribution in [3.63, 3.8) is 0 Å². The van der Waals surface area contributed by atoms with Gasteiger partial charge < -0.3 is 4.74 Å². The predicted molar refractivity (Wildman–Crippen MR) is 115 cm³/mol. The first-order valence-electron chi connectivity index (χ1n) is 9.23. The molecule has 0 fully saturated rings. The van der Waals surface area contributed by atoms with Crippen LogP contribution in [-0.4, -0.2) is 32.4 Å². The molecule has 30 heavy (non-hydrogen) atoms. The molecule has 0 unspecified atom stereocenters. The largest absolute Gasteiger partial charge is 0.497 e. The second kappa shape index (κ2) is 8.08. The number of nitrogens with one attached hydrogen (secondary N) is 2. The Balaban J connectivity index is 1.73. The van der Waals surface area contributed by atoms with Gasteiger partial charge in [-0.2, -0.15) is 10.1 Å². The fraction of sp³-hybridized carbons (Fsp3) is 0.143. The molecule has 9 heteroatoms. The highest BCUT2D eigenvalue weighted by molar-refractivity contribution is 5.80. The van der Waals surface area contributed by atoms with Crippen LogP contribution in [0, 0.1) is 0 Å². The van der Waals surface area contributed by atoms with Crippen molar-refractivity contribution >= 4 is 23.3 Å². The molecule has 152 valence electrons. The van der Waals surface area contributed by atoms with Crippen LogP contribution in [-0.2, 0) is 13.6 Å². The van der Waals surface area contributed by atoms with Crippen LogP contribution < -0.4 is 21.4 Å². The minimum atomic E-state index is -0.523. The van der Waals surface area contributed by atoms with Gasteiger partial charge in [-0.05, 0) is 35.4 Å². The fourth-order valence-electron chi connectivity index (χ4n) is 3.09. The third-order valence-corrected chi connectivity index (χ3v) is 4.68. The summed E-state index contributed by atoms with van der Waals surface area (Å²) in [6.07, 6.45) is 1.63. The molecule has 2 heterocycles. The van der Waals surface area contributed by atoms with E-state index in [0.29, 0.717) is 18.0 Å². The van der Waals surface area contributed by atoms with E-state index in [1.54, 1.807) is 24.9 Å². The monoisotopic (exact) mass is 404 g/mol. The number of nitrogens with zero attached hydrogens (tertiary/aromatic N) is 4. The summed E-state index contributed by atoms with van der Waals surface area (Å²) >= 11 is 0. The van der Waals surface area contributed by atoms with E-state index in [4.69, 9.17) is 4.74 Å². The Bertz CT molecular complexity index is 1320. The quantitative estimate of drug-likeness (QED) is 0.377. The van der Waals surface area contributed by atoms with Crippen LogP contribution in [0.4, 0.5) is 5.95 Å². The number of aromatic nitrogens is 4. The summed E-state index contributed by atoms with van der Waals surface area (Å²) < 4.78 is 8.15. The normalized spacial score (nSPS) is 11.3. The van der Waals surface area contributed by atoms with E-state index in [2.05, 4.69) is 20.5 Å². The number of anilines is 1. The van der Waals surface area contributed by atoms with Gasteiger partial charge in [-0.15, -0.1) is 0 Å². The van der Waals surface area contributed by atoms with E-state index < -0.39 is 11.2 Å². The third-order valence-electron chi connectivity index (χ3n) is 4.68. The molecule has 0 aliphatic carbocycles. The van der Waals surface area contributed by atoms with Gasteiger partial charge in [-0.25, -0.2) is 10.2 Å².